The number of nitrogens with one attached hydrogen (secondary N) is 2. The molecule has 2 aromatic rings. The molecule has 0 aliphatic heterocycles. The van der Waals surface area contributed by atoms with Gasteiger partial charge < -0.3 is 10.6 Å². The Bertz CT molecular complexity index is 883. The van der Waals surface area contributed by atoms with E-state index in [2.05, 4.69) is 27.6 Å². The van der Waals surface area contributed by atoms with Crippen molar-refractivity contribution in [3.63, 3.8) is 0 Å². The van der Waals surface area contributed by atoms with Crippen molar-refractivity contribution in [1.29, 1.82) is 0 Å². The Morgan fingerprint density at radius 2 is 1.89 bits per heavy atom. The lowest BCUT2D eigenvalue weighted by Crippen LogP contribution is -2.34. The number of allylic oxidation sites excluding steroid dienone is 1. The van der Waals surface area contributed by atoms with Gasteiger partial charge in [0.25, 0.3) is 5.91 Å². The average Bonchev–Trinajstić information content (AvgIpc) is 3.22. The maximum Gasteiger partial charge on any atom is 0.251 e. The van der Waals surface area contributed by atoms with E-state index in [9.17, 15) is 9.59 Å². The normalized spacial score (nSPS) is 17.7. The zero-order valence-electron chi connectivity index (χ0n) is 16.7. The van der Waals surface area contributed by atoms with E-state index in [0.717, 1.165) is 30.8 Å². The van der Waals surface area contributed by atoms with Crippen molar-refractivity contribution >= 4 is 11.8 Å². The third kappa shape index (κ3) is 5.06. The van der Waals surface area contributed by atoms with Gasteiger partial charge in [0.1, 0.15) is 11.6 Å². The number of rotatable bonds is 6. The minimum absolute atomic E-state index is 0.0822. The van der Waals surface area contributed by atoms with Crippen LogP contribution in [0.1, 0.15) is 48.2 Å². The number of hydrogen-bond donors (Lipinski definition) is 2. The van der Waals surface area contributed by atoms with Crippen molar-refractivity contribution in [3.8, 4) is 5.69 Å². The SMILES string of the molecule is Cc1nc(C)n(-c2ccc(C(=O)NCCNC(=O)/C=C3\CCC(C)C3)cc2)n1. The molecule has 3 rings (SSSR count). The molecule has 1 aliphatic rings. The molecular formula is C21H27N5O2. The zero-order valence-corrected chi connectivity index (χ0v) is 16.7. The highest BCUT2D eigenvalue weighted by molar-refractivity contribution is 5.94. The van der Waals surface area contributed by atoms with Crippen LogP contribution < -0.4 is 10.6 Å². The van der Waals surface area contributed by atoms with E-state index in [1.165, 1.54) is 5.57 Å². The van der Waals surface area contributed by atoms with Gasteiger partial charge in [0.05, 0.1) is 5.69 Å². The van der Waals surface area contributed by atoms with E-state index in [0.29, 0.717) is 30.4 Å². The number of aromatic nitrogens is 3. The largest absolute Gasteiger partial charge is 0.351 e. The monoisotopic (exact) mass is 381 g/mol. The van der Waals surface area contributed by atoms with Gasteiger partial charge in [-0.15, -0.1) is 0 Å². The van der Waals surface area contributed by atoms with Gasteiger partial charge in [-0.1, -0.05) is 12.5 Å². The van der Waals surface area contributed by atoms with Crippen LogP contribution >= 0.6 is 0 Å². The molecule has 1 aromatic carbocycles. The Balaban J connectivity index is 1.45. The quantitative estimate of drug-likeness (QED) is 0.594. The van der Waals surface area contributed by atoms with Crippen LogP contribution in [0.3, 0.4) is 0 Å². The van der Waals surface area contributed by atoms with E-state index >= 15 is 0 Å². The summed E-state index contributed by atoms with van der Waals surface area (Å²) in [6, 6.07) is 7.19. The van der Waals surface area contributed by atoms with Crippen molar-refractivity contribution in [2.24, 2.45) is 5.92 Å². The van der Waals surface area contributed by atoms with Crippen LogP contribution in [-0.4, -0.2) is 39.7 Å². The van der Waals surface area contributed by atoms with E-state index in [1.54, 1.807) is 22.9 Å². The highest BCUT2D eigenvalue weighted by Gasteiger charge is 2.15. The number of aryl methyl sites for hydroxylation is 2. The smallest absolute Gasteiger partial charge is 0.251 e. The molecule has 0 bridgehead atoms. The van der Waals surface area contributed by atoms with Crippen molar-refractivity contribution in [1.82, 2.24) is 25.4 Å². The summed E-state index contributed by atoms with van der Waals surface area (Å²) in [7, 11) is 0. The van der Waals surface area contributed by atoms with Gasteiger partial charge in [0, 0.05) is 24.7 Å². The van der Waals surface area contributed by atoms with Gasteiger partial charge in [-0.3, -0.25) is 9.59 Å². The number of carbonyl (C=O) groups excluding carboxylic acids is 2. The summed E-state index contributed by atoms with van der Waals surface area (Å²) in [5, 5.41) is 9.98. The first-order chi connectivity index (χ1) is 13.4. The van der Waals surface area contributed by atoms with Crippen LogP contribution in [0.2, 0.25) is 0 Å². The topological polar surface area (TPSA) is 88.9 Å². The second-order valence-corrected chi connectivity index (χ2v) is 7.36. The first-order valence-electron chi connectivity index (χ1n) is 9.68. The Kier molecular flexibility index (Phi) is 6.23. The number of amides is 2. The van der Waals surface area contributed by atoms with E-state index in [1.807, 2.05) is 26.0 Å². The van der Waals surface area contributed by atoms with Crippen LogP contribution in [0, 0.1) is 19.8 Å². The summed E-state index contributed by atoms with van der Waals surface area (Å²) in [4.78, 5) is 28.4. The molecule has 1 aromatic heterocycles. The Morgan fingerprint density at radius 3 is 2.50 bits per heavy atom. The van der Waals surface area contributed by atoms with Crippen molar-refractivity contribution in [2.75, 3.05) is 13.1 Å². The fourth-order valence-electron chi connectivity index (χ4n) is 3.43. The predicted octanol–water partition coefficient (Wildman–Crippen LogP) is 2.48. The second-order valence-electron chi connectivity index (χ2n) is 7.36. The molecule has 0 spiro atoms. The molecule has 1 heterocycles. The lowest BCUT2D eigenvalue weighted by atomic mass is 10.1. The Hall–Kier alpha value is -2.96. The molecule has 1 aliphatic carbocycles. The van der Waals surface area contributed by atoms with Crippen LogP contribution in [0.4, 0.5) is 0 Å². The van der Waals surface area contributed by atoms with Crippen molar-refractivity contribution < 1.29 is 9.59 Å². The lowest BCUT2D eigenvalue weighted by molar-refractivity contribution is -0.116. The summed E-state index contributed by atoms with van der Waals surface area (Å²) in [5.41, 5.74) is 2.63. The van der Waals surface area contributed by atoms with Gasteiger partial charge in [0.2, 0.25) is 5.91 Å². The average molecular weight is 381 g/mol. The fraction of sp³-hybridized carbons (Fsp3) is 0.429. The van der Waals surface area contributed by atoms with Crippen molar-refractivity contribution in [3.05, 3.63) is 53.1 Å². The predicted molar refractivity (Wildman–Crippen MR) is 107 cm³/mol. The summed E-state index contributed by atoms with van der Waals surface area (Å²) in [5.74, 6) is 1.92. The molecule has 0 saturated heterocycles. The summed E-state index contributed by atoms with van der Waals surface area (Å²) >= 11 is 0. The van der Waals surface area contributed by atoms with Crippen LogP contribution in [0.15, 0.2) is 35.9 Å². The lowest BCUT2D eigenvalue weighted by Gasteiger charge is -2.08. The highest BCUT2D eigenvalue weighted by Crippen LogP contribution is 2.29. The van der Waals surface area contributed by atoms with Gasteiger partial charge in [-0.25, -0.2) is 9.67 Å². The number of benzene rings is 1. The number of carbonyl (C=O) groups is 2. The number of hydrogen-bond acceptors (Lipinski definition) is 4. The van der Waals surface area contributed by atoms with E-state index in [4.69, 9.17) is 0 Å². The molecule has 2 N–H and O–H groups in total. The maximum absolute atomic E-state index is 12.3. The molecule has 1 unspecified atom stereocenters. The third-order valence-corrected chi connectivity index (χ3v) is 4.86. The van der Waals surface area contributed by atoms with Gasteiger partial charge >= 0.3 is 0 Å². The summed E-state index contributed by atoms with van der Waals surface area (Å²) in [6.45, 7) is 6.72. The van der Waals surface area contributed by atoms with E-state index < -0.39 is 0 Å². The molecule has 7 nitrogen and oxygen atoms in total. The van der Waals surface area contributed by atoms with Crippen LogP contribution in [0.5, 0.6) is 0 Å². The van der Waals surface area contributed by atoms with Crippen molar-refractivity contribution in [2.45, 2.75) is 40.0 Å². The van der Waals surface area contributed by atoms with Gasteiger partial charge in [-0.2, -0.15) is 5.10 Å². The standard InChI is InChI=1S/C21H27N5O2/c1-14-4-5-17(12-14)13-20(27)22-10-11-23-21(28)18-6-8-19(9-7-18)26-16(3)24-15(2)25-26/h6-9,13-14H,4-5,10-12H2,1-3H3,(H,22,27)(H,23,28)/b17-13+. The Labute approximate surface area is 165 Å². The van der Waals surface area contributed by atoms with Gasteiger partial charge in [-0.05, 0) is 63.3 Å². The molecule has 28 heavy (non-hydrogen) atoms. The minimum atomic E-state index is -0.171. The molecule has 0 radical (unpaired) electrons. The zero-order chi connectivity index (χ0) is 20.1. The maximum atomic E-state index is 12.3. The fourth-order valence-corrected chi connectivity index (χ4v) is 3.43. The third-order valence-electron chi connectivity index (χ3n) is 4.86. The highest BCUT2D eigenvalue weighted by atomic mass is 16.2. The number of nitrogens with zero attached hydrogens (tertiary/aromatic N) is 3. The first-order valence-corrected chi connectivity index (χ1v) is 9.68. The molecule has 1 saturated carbocycles. The van der Waals surface area contributed by atoms with Crippen LogP contribution in [0.25, 0.3) is 5.69 Å². The molecular weight excluding hydrogens is 354 g/mol. The van der Waals surface area contributed by atoms with E-state index in [-0.39, 0.29) is 11.8 Å². The molecule has 7 heteroatoms. The summed E-state index contributed by atoms with van der Waals surface area (Å²) < 4.78 is 1.74. The van der Waals surface area contributed by atoms with Gasteiger partial charge in [0.15, 0.2) is 0 Å². The molecule has 1 atom stereocenters. The molecule has 148 valence electrons. The molecule has 1 fully saturated rings. The Morgan fingerprint density at radius 1 is 1.18 bits per heavy atom. The minimum Gasteiger partial charge on any atom is -0.351 e. The first kappa shape index (κ1) is 19.8. The second kappa shape index (κ2) is 8.82. The summed E-state index contributed by atoms with van der Waals surface area (Å²) in [6.07, 6.45) is 4.88. The molecule has 2 amide bonds. The van der Waals surface area contributed by atoms with Crippen LogP contribution in [-0.2, 0) is 4.79 Å².